The van der Waals surface area contributed by atoms with E-state index in [1.54, 1.807) is 25.3 Å². The number of carboxylic acid groups (broad SMARTS) is 1. The lowest BCUT2D eigenvalue weighted by molar-refractivity contribution is -0.170. The van der Waals surface area contributed by atoms with E-state index in [0.717, 1.165) is 46.2 Å². The minimum atomic E-state index is -1.21. The van der Waals surface area contributed by atoms with E-state index in [2.05, 4.69) is 14.8 Å². The van der Waals surface area contributed by atoms with E-state index >= 15 is 0 Å². The molecule has 2 aliphatic rings. The van der Waals surface area contributed by atoms with Gasteiger partial charge in [-0.2, -0.15) is 5.10 Å². The SMILES string of the molecule is COc1cc(-n2c(C3CCOCC3)c(C3CC[C@](C)(C(=O)O)OC3)c3nc4[nH]ncc4cc32)ccc1F. The summed E-state index contributed by atoms with van der Waals surface area (Å²) in [6, 6.07) is 6.93. The maximum atomic E-state index is 14.4. The number of aliphatic carboxylic acids is 1. The van der Waals surface area contributed by atoms with Crippen LogP contribution in [-0.4, -0.2) is 63.4 Å². The van der Waals surface area contributed by atoms with E-state index in [9.17, 15) is 14.3 Å². The highest BCUT2D eigenvalue weighted by Gasteiger charge is 2.41. The summed E-state index contributed by atoms with van der Waals surface area (Å²) < 4.78 is 33.6. The summed E-state index contributed by atoms with van der Waals surface area (Å²) in [5.41, 5.74) is 4.07. The number of ether oxygens (including phenoxy) is 3. The Kier molecular flexibility index (Phi) is 5.88. The Balaban J connectivity index is 1.61. The number of methoxy groups -OCH3 is 1. The molecule has 2 atom stereocenters. The number of rotatable bonds is 5. The molecule has 4 aromatic rings. The first-order valence-corrected chi connectivity index (χ1v) is 12.6. The second-order valence-corrected chi connectivity index (χ2v) is 10.1. The summed E-state index contributed by atoms with van der Waals surface area (Å²) in [4.78, 5) is 16.8. The van der Waals surface area contributed by atoms with Crippen LogP contribution >= 0.6 is 0 Å². The number of hydrogen-bond donors (Lipinski definition) is 2. The molecule has 0 bridgehead atoms. The number of fused-ring (bicyclic) bond motifs is 2. The van der Waals surface area contributed by atoms with Crippen LogP contribution in [0.15, 0.2) is 30.5 Å². The normalized spacial score (nSPS) is 23.1. The van der Waals surface area contributed by atoms with E-state index in [4.69, 9.17) is 19.2 Å². The van der Waals surface area contributed by atoms with Gasteiger partial charge in [0.2, 0.25) is 0 Å². The molecular formula is C27H29FN4O5. The monoisotopic (exact) mass is 508 g/mol. The summed E-state index contributed by atoms with van der Waals surface area (Å²) in [6.45, 7) is 3.20. The lowest BCUT2D eigenvalue weighted by Crippen LogP contribution is -2.43. The Morgan fingerprint density at radius 2 is 2.05 bits per heavy atom. The fourth-order valence-corrected chi connectivity index (χ4v) is 5.74. The van der Waals surface area contributed by atoms with Gasteiger partial charge in [-0.25, -0.2) is 14.2 Å². The van der Waals surface area contributed by atoms with Crippen molar-refractivity contribution in [3.05, 3.63) is 47.5 Å². The number of pyridine rings is 1. The average molecular weight is 509 g/mol. The number of nitrogens with zero attached hydrogens (tertiary/aromatic N) is 3. The van der Waals surface area contributed by atoms with Gasteiger partial charge in [0.1, 0.15) is 0 Å². The first-order chi connectivity index (χ1) is 17.9. The molecule has 2 aliphatic heterocycles. The largest absolute Gasteiger partial charge is 0.494 e. The lowest BCUT2D eigenvalue weighted by atomic mass is 9.82. The Morgan fingerprint density at radius 1 is 1.24 bits per heavy atom. The molecule has 1 unspecified atom stereocenters. The number of carboxylic acids is 1. The minimum Gasteiger partial charge on any atom is -0.494 e. The molecule has 0 amide bonds. The van der Waals surface area contributed by atoms with Crippen LogP contribution in [0.4, 0.5) is 4.39 Å². The molecule has 37 heavy (non-hydrogen) atoms. The van der Waals surface area contributed by atoms with Gasteiger partial charge >= 0.3 is 5.97 Å². The van der Waals surface area contributed by atoms with Crippen LogP contribution in [0.5, 0.6) is 5.75 Å². The van der Waals surface area contributed by atoms with Crippen molar-refractivity contribution in [2.75, 3.05) is 26.9 Å². The van der Waals surface area contributed by atoms with Crippen LogP contribution in [0.1, 0.15) is 55.7 Å². The second kappa shape index (κ2) is 9.11. The van der Waals surface area contributed by atoms with E-state index in [1.165, 1.54) is 13.2 Å². The van der Waals surface area contributed by atoms with E-state index in [1.807, 2.05) is 6.07 Å². The number of H-pyrrole nitrogens is 1. The zero-order valence-electron chi connectivity index (χ0n) is 20.8. The number of hydrogen-bond acceptors (Lipinski definition) is 6. The number of benzene rings is 1. The maximum Gasteiger partial charge on any atom is 0.335 e. The molecule has 194 valence electrons. The Bertz CT molecular complexity index is 1480. The highest BCUT2D eigenvalue weighted by Crippen LogP contribution is 2.45. The number of aromatic nitrogens is 4. The van der Waals surface area contributed by atoms with Crippen molar-refractivity contribution in [1.82, 2.24) is 19.7 Å². The van der Waals surface area contributed by atoms with Gasteiger partial charge in [0.15, 0.2) is 22.8 Å². The Morgan fingerprint density at radius 3 is 2.76 bits per heavy atom. The number of carbonyl (C=O) groups is 1. The van der Waals surface area contributed by atoms with Gasteiger partial charge in [0.25, 0.3) is 0 Å². The van der Waals surface area contributed by atoms with Crippen molar-refractivity contribution in [3.8, 4) is 11.4 Å². The quantitative estimate of drug-likeness (QED) is 0.403. The van der Waals surface area contributed by atoms with Crippen molar-refractivity contribution in [3.63, 3.8) is 0 Å². The number of halogens is 1. The molecule has 0 saturated carbocycles. The fourth-order valence-electron chi connectivity index (χ4n) is 5.74. The predicted molar refractivity (Wildman–Crippen MR) is 134 cm³/mol. The summed E-state index contributed by atoms with van der Waals surface area (Å²) in [5, 5.41) is 17.7. The number of nitrogens with one attached hydrogen (secondary N) is 1. The third-order valence-electron chi connectivity index (χ3n) is 7.85. The maximum absolute atomic E-state index is 14.4. The van der Waals surface area contributed by atoms with Crippen LogP contribution < -0.4 is 4.74 Å². The molecule has 10 heteroatoms. The van der Waals surface area contributed by atoms with Crippen LogP contribution in [0.25, 0.3) is 27.8 Å². The van der Waals surface area contributed by atoms with Crippen molar-refractivity contribution in [2.24, 2.45) is 0 Å². The molecule has 9 nitrogen and oxygen atoms in total. The van der Waals surface area contributed by atoms with E-state index in [-0.39, 0.29) is 24.2 Å². The standard InChI is InChI=1S/C27H29FN4O5/c1-27(26(33)34)8-5-16(14-37-27)22-23-20(11-17-13-29-31-25(17)30-23)32(24(22)15-6-9-36-10-7-15)18-3-4-19(28)21(12-18)35-2/h3-4,11-13,15-16H,5-10,14H2,1-2H3,(H,33,34)(H,29,30,31)/t16?,27-/m1/s1. The Labute approximate surface area is 212 Å². The third kappa shape index (κ3) is 3.95. The van der Waals surface area contributed by atoms with Crippen molar-refractivity contribution < 1.29 is 28.5 Å². The predicted octanol–water partition coefficient (Wildman–Crippen LogP) is 4.68. The van der Waals surface area contributed by atoms with Crippen molar-refractivity contribution in [2.45, 2.75) is 50.0 Å². The topological polar surface area (TPSA) is 111 Å². The van der Waals surface area contributed by atoms with Gasteiger partial charge in [-0.05, 0) is 50.8 Å². The summed E-state index contributed by atoms with van der Waals surface area (Å²) in [5.74, 6) is -1.09. The summed E-state index contributed by atoms with van der Waals surface area (Å²) in [7, 11) is 1.45. The lowest BCUT2D eigenvalue weighted by Gasteiger charge is -2.35. The molecule has 3 aromatic heterocycles. The van der Waals surface area contributed by atoms with Gasteiger partial charge in [0.05, 0.1) is 30.9 Å². The first kappa shape index (κ1) is 23.9. The van der Waals surface area contributed by atoms with Gasteiger partial charge in [0, 0.05) is 53.4 Å². The van der Waals surface area contributed by atoms with Crippen LogP contribution in [-0.2, 0) is 14.3 Å². The van der Waals surface area contributed by atoms with Crippen molar-refractivity contribution >= 4 is 28.0 Å². The smallest absolute Gasteiger partial charge is 0.335 e. The third-order valence-corrected chi connectivity index (χ3v) is 7.85. The molecule has 2 saturated heterocycles. The molecule has 0 aliphatic carbocycles. The first-order valence-electron chi connectivity index (χ1n) is 12.6. The van der Waals surface area contributed by atoms with Crippen molar-refractivity contribution in [1.29, 1.82) is 0 Å². The molecule has 2 fully saturated rings. The second-order valence-electron chi connectivity index (χ2n) is 10.1. The van der Waals surface area contributed by atoms with Crippen LogP contribution in [0.2, 0.25) is 0 Å². The summed E-state index contributed by atoms with van der Waals surface area (Å²) in [6.07, 6.45) is 4.44. The highest BCUT2D eigenvalue weighted by atomic mass is 19.1. The summed E-state index contributed by atoms with van der Waals surface area (Å²) >= 11 is 0. The molecule has 1 aromatic carbocycles. The van der Waals surface area contributed by atoms with Crippen LogP contribution in [0.3, 0.4) is 0 Å². The fraction of sp³-hybridized carbons (Fsp3) is 0.444. The highest BCUT2D eigenvalue weighted by molar-refractivity contribution is 5.94. The zero-order chi connectivity index (χ0) is 25.7. The molecule has 2 N–H and O–H groups in total. The molecule has 6 rings (SSSR count). The van der Waals surface area contributed by atoms with Crippen LogP contribution in [0, 0.1) is 5.82 Å². The van der Waals surface area contributed by atoms with Gasteiger partial charge in [-0.15, -0.1) is 0 Å². The average Bonchev–Trinajstić information content (AvgIpc) is 3.50. The Hall–Kier alpha value is -3.50. The molecular weight excluding hydrogens is 479 g/mol. The van der Waals surface area contributed by atoms with Gasteiger partial charge < -0.3 is 23.9 Å². The molecule has 0 radical (unpaired) electrons. The number of aromatic amines is 1. The minimum absolute atomic E-state index is 0.0516. The van der Waals surface area contributed by atoms with Gasteiger partial charge in [-0.1, -0.05) is 0 Å². The van der Waals surface area contributed by atoms with E-state index < -0.39 is 17.4 Å². The molecule has 5 heterocycles. The van der Waals surface area contributed by atoms with Gasteiger partial charge in [-0.3, -0.25) is 5.10 Å². The molecule has 0 spiro atoms. The zero-order valence-corrected chi connectivity index (χ0v) is 20.8. The van der Waals surface area contributed by atoms with E-state index in [0.29, 0.717) is 31.7 Å².